The summed E-state index contributed by atoms with van der Waals surface area (Å²) in [5, 5.41) is 12.7. The second kappa shape index (κ2) is 9.97. The molecule has 0 aliphatic heterocycles. The molecule has 0 bridgehead atoms. The van der Waals surface area contributed by atoms with Crippen LogP contribution in [0.1, 0.15) is 63.4 Å². The van der Waals surface area contributed by atoms with Crippen molar-refractivity contribution in [3.05, 3.63) is 18.5 Å². The molecule has 1 aliphatic rings. The van der Waals surface area contributed by atoms with Gasteiger partial charge in [0, 0.05) is 12.6 Å². The number of nitrogens with zero attached hydrogens (tertiary/aromatic N) is 4. The van der Waals surface area contributed by atoms with Gasteiger partial charge >= 0.3 is 0 Å². The van der Waals surface area contributed by atoms with Gasteiger partial charge in [0.25, 0.3) is 0 Å². The smallest absolute Gasteiger partial charge is 0.230 e. The van der Waals surface area contributed by atoms with Crippen molar-refractivity contribution in [1.82, 2.24) is 25.0 Å². The van der Waals surface area contributed by atoms with E-state index in [1.165, 1.54) is 43.9 Å². The lowest BCUT2D eigenvalue weighted by Gasteiger charge is -2.29. The summed E-state index contributed by atoms with van der Waals surface area (Å²) in [6.45, 7) is 6.30. The van der Waals surface area contributed by atoms with Crippen LogP contribution < -0.4 is 5.32 Å². The fourth-order valence-electron chi connectivity index (χ4n) is 3.44. The summed E-state index contributed by atoms with van der Waals surface area (Å²) in [5.74, 6) is 1.40. The van der Waals surface area contributed by atoms with Crippen molar-refractivity contribution in [2.45, 2.75) is 62.7 Å². The minimum Gasteiger partial charge on any atom is -0.352 e. The van der Waals surface area contributed by atoms with Crippen molar-refractivity contribution < 1.29 is 4.79 Å². The number of thioether (sulfide) groups is 1. The zero-order valence-corrected chi connectivity index (χ0v) is 16.5. The van der Waals surface area contributed by atoms with Crippen LogP contribution in [0.4, 0.5) is 0 Å². The Morgan fingerprint density at radius 2 is 2.12 bits per heavy atom. The number of hydrogen-bond acceptors (Lipinski definition) is 5. The topological polar surface area (TPSA) is 63.1 Å². The van der Waals surface area contributed by atoms with Crippen LogP contribution in [-0.4, -0.2) is 52.0 Å². The minimum atomic E-state index is 0.00398. The number of carbonyl (C=O) groups is 1. The molecular formula is C18H31N5OS. The average molecular weight is 366 g/mol. The molecule has 1 amide bonds. The molecule has 1 N–H and O–H groups in total. The minimum absolute atomic E-state index is 0.00398. The van der Waals surface area contributed by atoms with Crippen LogP contribution in [0.15, 0.2) is 17.8 Å². The maximum absolute atomic E-state index is 11.9. The van der Waals surface area contributed by atoms with Gasteiger partial charge in [0.05, 0.1) is 11.8 Å². The van der Waals surface area contributed by atoms with Crippen LogP contribution >= 0.6 is 11.8 Å². The molecule has 1 atom stereocenters. The van der Waals surface area contributed by atoms with Gasteiger partial charge in [-0.15, -0.1) is 16.8 Å². The van der Waals surface area contributed by atoms with E-state index in [0.29, 0.717) is 18.3 Å². The third kappa shape index (κ3) is 5.31. The molecule has 2 rings (SSSR count). The van der Waals surface area contributed by atoms with Gasteiger partial charge in [-0.25, -0.2) is 0 Å². The number of amides is 1. The Labute approximate surface area is 155 Å². The molecule has 1 aromatic rings. The monoisotopic (exact) mass is 365 g/mol. The van der Waals surface area contributed by atoms with E-state index in [-0.39, 0.29) is 11.9 Å². The summed E-state index contributed by atoms with van der Waals surface area (Å²) in [5.41, 5.74) is 0. The molecule has 7 heteroatoms. The lowest BCUT2D eigenvalue weighted by atomic mass is 9.95. The lowest BCUT2D eigenvalue weighted by Crippen LogP contribution is -2.27. The number of hydrogen-bond donors (Lipinski definition) is 1. The van der Waals surface area contributed by atoms with E-state index >= 15 is 0 Å². The molecule has 1 aliphatic carbocycles. The van der Waals surface area contributed by atoms with E-state index in [0.717, 1.165) is 17.4 Å². The van der Waals surface area contributed by atoms with E-state index < -0.39 is 0 Å². The summed E-state index contributed by atoms with van der Waals surface area (Å²) in [4.78, 5) is 14.1. The summed E-state index contributed by atoms with van der Waals surface area (Å²) in [6.07, 6.45) is 8.84. The highest BCUT2D eigenvalue weighted by Gasteiger charge is 2.27. The van der Waals surface area contributed by atoms with Gasteiger partial charge in [0.2, 0.25) is 5.91 Å². The summed E-state index contributed by atoms with van der Waals surface area (Å²) >= 11 is 1.48. The second-order valence-corrected chi connectivity index (χ2v) is 7.71. The normalized spacial score (nSPS) is 16.8. The van der Waals surface area contributed by atoms with E-state index in [4.69, 9.17) is 0 Å². The highest BCUT2D eigenvalue weighted by molar-refractivity contribution is 7.99. The molecule has 0 unspecified atom stereocenters. The zero-order chi connectivity index (χ0) is 18.2. The lowest BCUT2D eigenvalue weighted by molar-refractivity contribution is -0.118. The zero-order valence-electron chi connectivity index (χ0n) is 15.7. The summed E-state index contributed by atoms with van der Waals surface area (Å²) in [7, 11) is 4.17. The van der Waals surface area contributed by atoms with Crippen molar-refractivity contribution >= 4 is 17.7 Å². The number of aromatic nitrogens is 3. The number of rotatable bonds is 9. The molecule has 0 aromatic carbocycles. The predicted molar refractivity (Wildman–Crippen MR) is 103 cm³/mol. The van der Waals surface area contributed by atoms with Gasteiger partial charge < -0.3 is 9.88 Å². The quantitative estimate of drug-likeness (QED) is 0.538. The Morgan fingerprint density at radius 1 is 1.40 bits per heavy atom. The first-order valence-corrected chi connectivity index (χ1v) is 10.2. The largest absolute Gasteiger partial charge is 0.352 e. The van der Waals surface area contributed by atoms with Gasteiger partial charge in [-0.05, 0) is 33.4 Å². The average Bonchev–Trinajstić information content (AvgIpc) is 3.02. The van der Waals surface area contributed by atoms with Gasteiger partial charge in [0.15, 0.2) is 11.0 Å². The maximum atomic E-state index is 11.9. The fraction of sp³-hybridized carbons (Fsp3) is 0.722. The highest BCUT2D eigenvalue weighted by Crippen LogP contribution is 2.35. The van der Waals surface area contributed by atoms with Gasteiger partial charge in [-0.2, -0.15) is 0 Å². The van der Waals surface area contributed by atoms with Gasteiger partial charge in [-0.1, -0.05) is 44.0 Å². The molecule has 140 valence electrons. The molecule has 6 nitrogen and oxygen atoms in total. The van der Waals surface area contributed by atoms with Crippen LogP contribution in [0.5, 0.6) is 0 Å². The number of carbonyl (C=O) groups excluding carboxylic acids is 1. The Morgan fingerprint density at radius 3 is 2.72 bits per heavy atom. The first kappa shape index (κ1) is 20.0. The van der Waals surface area contributed by atoms with Crippen LogP contribution in [-0.2, 0) is 4.79 Å². The Hall–Kier alpha value is -1.34. The van der Waals surface area contributed by atoms with Crippen molar-refractivity contribution in [2.24, 2.45) is 0 Å². The first-order chi connectivity index (χ1) is 12.1. The van der Waals surface area contributed by atoms with Crippen molar-refractivity contribution in [3.8, 4) is 0 Å². The van der Waals surface area contributed by atoms with Crippen molar-refractivity contribution in [1.29, 1.82) is 0 Å². The standard InChI is InChI=1S/C18H31N5OS/c1-5-12-19-16(24)13-25-18-21-20-17(15(6-2)22(3)4)23(18)14-10-8-7-9-11-14/h5,14-15H,1,6-13H2,2-4H3,(H,19,24)/t15-/m1/s1. The SMILES string of the molecule is C=CCNC(=O)CSc1nnc([C@@H](CC)N(C)C)n1C1CCCCC1. The van der Waals surface area contributed by atoms with E-state index in [2.05, 4.69) is 52.6 Å². The molecule has 1 aromatic heterocycles. The van der Waals surface area contributed by atoms with Crippen LogP contribution in [0.25, 0.3) is 0 Å². The van der Waals surface area contributed by atoms with Crippen LogP contribution in [0, 0.1) is 0 Å². The Kier molecular flexibility index (Phi) is 7.96. The van der Waals surface area contributed by atoms with E-state index in [1.54, 1.807) is 6.08 Å². The molecule has 1 fully saturated rings. The third-order valence-corrected chi connectivity index (χ3v) is 5.66. The summed E-state index contributed by atoms with van der Waals surface area (Å²) in [6, 6.07) is 0.699. The molecule has 1 saturated carbocycles. The van der Waals surface area contributed by atoms with E-state index in [1.807, 2.05) is 0 Å². The Bertz CT molecular complexity index is 566. The first-order valence-electron chi connectivity index (χ1n) is 9.20. The molecule has 0 saturated heterocycles. The molecule has 0 radical (unpaired) electrons. The van der Waals surface area contributed by atoms with Gasteiger partial charge in [0.1, 0.15) is 0 Å². The molecule has 0 spiro atoms. The maximum Gasteiger partial charge on any atom is 0.230 e. The molecule has 25 heavy (non-hydrogen) atoms. The predicted octanol–water partition coefficient (Wildman–Crippen LogP) is 3.19. The number of nitrogens with one attached hydrogen (secondary N) is 1. The van der Waals surface area contributed by atoms with Crippen LogP contribution in [0.3, 0.4) is 0 Å². The molecule has 1 heterocycles. The molecular weight excluding hydrogens is 334 g/mol. The Balaban J connectivity index is 2.21. The van der Waals surface area contributed by atoms with E-state index in [9.17, 15) is 4.79 Å². The van der Waals surface area contributed by atoms with Gasteiger partial charge in [-0.3, -0.25) is 9.69 Å². The second-order valence-electron chi connectivity index (χ2n) is 6.77. The fourth-order valence-corrected chi connectivity index (χ4v) is 4.28. The highest BCUT2D eigenvalue weighted by atomic mass is 32.2. The van der Waals surface area contributed by atoms with Crippen LogP contribution in [0.2, 0.25) is 0 Å². The van der Waals surface area contributed by atoms with Crippen molar-refractivity contribution in [2.75, 3.05) is 26.4 Å². The summed E-state index contributed by atoms with van der Waals surface area (Å²) < 4.78 is 2.32. The van der Waals surface area contributed by atoms with Crippen molar-refractivity contribution in [3.63, 3.8) is 0 Å². The third-order valence-electron chi connectivity index (χ3n) is 4.71.